The van der Waals surface area contributed by atoms with Gasteiger partial charge in [-0.2, -0.15) is 0 Å². The molecule has 0 N–H and O–H groups in total. The molecule has 1 aliphatic rings. The van der Waals surface area contributed by atoms with Crippen molar-refractivity contribution < 1.29 is 27.5 Å². The van der Waals surface area contributed by atoms with Crippen LogP contribution in [0.2, 0.25) is 0 Å². The maximum Gasteiger partial charge on any atom is 0.573 e. The topological polar surface area (TPSA) is 49.9 Å². The fraction of sp³-hybridized carbons (Fsp3) is 0.0833. The molecule has 3 aromatic carbocycles. The van der Waals surface area contributed by atoms with Gasteiger partial charge in [-0.3, -0.25) is 9.59 Å². The Balaban J connectivity index is 1.76. The van der Waals surface area contributed by atoms with E-state index in [9.17, 15) is 22.8 Å². The zero-order valence-electron chi connectivity index (χ0n) is 16.8. The molecule has 4 rings (SSSR count). The molecule has 0 atom stereocenters. The Morgan fingerprint density at radius 1 is 0.781 bits per heavy atom. The fourth-order valence-corrected chi connectivity index (χ4v) is 3.51. The monoisotopic (exact) mass is 438 g/mol. The number of amides is 2. The van der Waals surface area contributed by atoms with Crippen molar-refractivity contribution in [2.75, 3.05) is 16.8 Å². The van der Waals surface area contributed by atoms with Gasteiger partial charge >= 0.3 is 6.36 Å². The van der Waals surface area contributed by atoms with Gasteiger partial charge in [-0.25, -0.2) is 4.90 Å². The number of benzene rings is 3. The average molecular weight is 438 g/mol. The van der Waals surface area contributed by atoms with E-state index in [1.165, 1.54) is 12.1 Å². The molecule has 162 valence electrons. The fourth-order valence-electron chi connectivity index (χ4n) is 3.51. The molecule has 0 saturated heterocycles. The van der Waals surface area contributed by atoms with Gasteiger partial charge < -0.3 is 9.64 Å². The van der Waals surface area contributed by atoms with Crippen LogP contribution in [0.3, 0.4) is 0 Å². The minimum Gasteiger partial charge on any atom is -0.406 e. The lowest BCUT2D eigenvalue weighted by Crippen LogP contribution is -2.34. The first-order valence-corrected chi connectivity index (χ1v) is 9.59. The Bertz CT molecular complexity index is 1170. The smallest absolute Gasteiger partial charge is 0.406 e. The highest BCUT2D eigenvalue weighted by Crippen LogP contribution is 2.36. The third kappa shape index (κ3) is 4.07. The second-order valence-electron chi connectivity index (χ2n) is 6.97. The van der Waals surface area contributed by atoms with E-state index in [-0.39, 0.29) is 17.0 Å². The molecular formula is C24H17F3N2O3. The molecule has 32 heavy (non-hydrogen) atoms. The Kier molecular flexibility index (Phi) is 5.44. The van der Waals surface area contributed by atoms with Crippen molar-refractivity contribution in [1.29, 1.82) is 0 Å². The molecule has 0 fully saturated rings. The van der Waals surface area contributed by atoms with Gasteiger partial charge in [0.2, 0.25) is 0 Å². The maximum atomic E-state index is 13.4. The lowest BCUT2D eigenvalue weighted by molar-refractivity contribution is -0.274. The summed E-state index contributed by atoms with van der Waals surface area (Å²) in [6.07, 6.45) is -4.84. The van der Waals surface area contributed by atoms with Crippen molar-refractivity contribution >= 4 is 28.8 Å². The summed E-state index contributed by atoms with van der Waals surface area (Å²) in [4.78, 5) is 29.4. The predicted molar refractivity (Wildman–Crippen MR) is 114 cm³/mol. The Labute approximate surface area is 181 Å². The second-order valence-corrected chi connectivity index (χ2v) is 6.97. The lowest BCUT2D eigenvalue weighted by Gasteiger charge is -2.21. The van der Waals surface area contributed by atoms with Crippen molar-refractivity contribution in [2.45, 2.75) is 6.36 Å². The van der Waals surface area contributed by atoms with Crippen LogP contribution in [0.1, 0.15) is 5.56 Å². The van der Waals surface area contributed by atoms with Crippen molar-refractivity contribution in [3.05, 3.63) is 96.2 Å². The number of rotatable bonds is 5. The number of alkyl halides is 3. The molecular weight excluding hydrogens is 421 g/mol. The first-order valence-electron chi connectivity index (χ1n) is 9.59. The summed E-state index contributed by atoms with van der Waals surface area (Å²) in [5.41, 5.74) is 1.77. The number of likely N-dealkylation sites (N-methyl/N-ethyl adjacent to an activating group) is 1. The normalized spacial score (nSPS) is 14.2. The van der Waals surface area contributed by atoms with E-state index in [2.05, 4.69) is 4.74 Å². The number of halogens is 3. The first kappa shape index (κ1) is 21.2. The van der Waals surface area contributed by atoms with E-state index < -0.39 is 23.9 Å². The van der Waals surface area contributed by atoms with Gasteiger partial charge in [-0.15, -0.1) is 13.2 Å². The van der Waals surface area contributed by atoms with Gasteiger partial charge in [0, 0.05) is 12.7 Å². The van der Waals surface area contributed by atoms with E-state index in [1.807, 2.05) is 18.2 Å². The number of anilines is 2. The van der Waals surface area contributed by atoms with E-state index in [0.29, 0.717) is 11.3 Å². The largest absolute Gasteiger partial charge is 0.573 e. The van der Waals surface area contributed by atoms with Crippen molar-refractivity contribution in [3.63, 3.8) is 0 Å². The number of hydrogen-bond donors (Lipinski definition) is 0. The van der Waals surface area contributed by atoms with Gasteiger partial charge in [-0.1, -0.05) is 48.5 Å². The Morgan fingerprint density at radius 3 is 1.91 bits per heavy atom. The van der Waals surface area contributed by atoms with E-state index >= 15 is 0 Å². The molecule has 0 spiro atoms. The number of para-hydroxylation sites is 1. The molecule has 0 aliphatic carbocycles. The number of imide groups is 1. The molecule has 0 aromatic heterocycles. The number of carbonyl (C=O) groups excluding carboxylic acids is 2. The van der Waals surface area contributed by atoms with Crippen molar-refractivity contribution in [1.82, 2.24) is 0 Å². The van der Waals surface area contributed by atoms with Crippen molar-refractivity contribution in [3.8, 4) is 5.75 Å². The second kappa shape index (κ2) is 8.22. The van der Waals surface area contributed by atoms with Crippen LogP contribution < -0.4 is 14.5 Å². The maximum absolute atomic E-state index is 13.4. The summed E-state index contributed by atoms with van der Waals surface area (Å²) in [5.74, 6) is -1.59. The van der Waals surface area contributed by atoms with Gasteiger partial charge in [0.25, 0.3) is 11.8 Å². The van der Waals surface area contributed by atoms with Crippen LogP contribution in [0.15, 0.2) is 90.6 Å². The van der Waals surface area contributed by atoms with Crippen LogP contribution in [0, 0.1) is 0 Å². The summed E-state index contributed by atoms with van der Waals surface area (Å²) in [6, 6.07) is 22.4. The molecule has 0 unspecified atom stereocenters. The third-order valence-electron chi connectivity index (χ3n) is 4.93. The van der Waals surface area contributed by atoms with Crippen LogP contribution in [0.25, 0.3) is 5.57 Å². The molecule has 1 aliphatic heterocycles. The highest BCUT2D eigenvalue weighted by atomic mass is 19.4. The summed E-state index contributed by atoms with van der Waals surface area (Å²) < 4.78 is 41.2. The van der Waals surface area contributed by atoms with Crippen LogP contribution in [-0.2, 0) is 9.59 Å². The number of nitrogens with zero attached hydrogens (tertiary/aromatic N) is 2. The zero-order chi connectivity index (χ0) is 22.9. The number of ether oxygens (including phenoxy) is 1. The molecule has 2 amide bonds. The van der Waals surface area contributed by atoms with Gasteiger partial charge in [0.1, 0.15) is 11.4 Å². The standard InChI is InChI=1S/C24H17F3N2O3/c1-28(17-10-6-3-7-11-17)21-20(16-8-4-2-5-9-16)22(30)29(23(21)31)18-12-14-19(15-13-18)32-24(25,26)27/h2-15H,1H3. The third-order valence-corrected chi connectivity index (χ3v) is 4.93. The van der Waals surface area contributed by atoms with E-state index in [0.717, 1.165) is 17.0 Å². The molecule has 0 bridgehead atoms. The van der Waals surface area contributed by atoms with Gasteiger partial charge in [0.05, 0.1) is 11.3 Å². The molecule has 5 nitrogen and oxygen atoms in total. The van der Waals surface area contributed by atoms with Crippen molar-refractivity contribution in [2.24, 2.45) is 0 Å². The highest BCUT2D eigenvalue weighted by molar-refractivity contribution is 6.46. The highest BCUT2D eigenvalue weighted by Gasteiger charge is 2.42. The average Bonchev–Trinajstić information content (AvgIpc) is 3.04. The van der Waals surface area contributed by atoms with Crippen LogP contribution in [0.5, 0.6) is 5.75 Å². The lowest BCUT2D eigenvalue weighted by atomic mass is 10.0. The van der Waals surface area contributed by atoms with Gasteiger partial charge in [-0.05, 0) is 42.0 Å². The predicted octanol–water partition coefficient (Wildman–Crippen LogP) is 5.01. The molecule has 3 aromatic rings. The molecule has 0 radical (unpaired) electrons. The summed E-state index contributed by atoms with van der Waals surface area (Å²) in [6.45, 7) is 0. The van der Waals surface area contributed by atoms with Crippen LogP contribution in [-0.4, -0.2) is 25.2 Å². The zero-order valence-corrected chi connectivity index (χ0v) is 16.8. The minimum atomic E-state index is -4.84. The summed E-state index contributed by atoms with van der Waals surface area (Å²) in [7, 11) is 1.68. The Morgan fingerprint density at radius 2 is 1.34 bits per heavy atom. The SMILES string of the molecule is CN(C1=C(c2ccccc2)C(=O)N(c2ccc(OC(F)(F)F)cc2)C1=O)c1ccccc1. The van der Waals surface area contributed by atoms with Crippen LogP contribution in [0.4, 0.5) is 24.5 Å². The molecule has 0 saturated carbocycles. The first-order chi connectivity index (χ1) is 15.3. The summed E-state index contributed by atoms with van der Waals surface area (Å²) >= 11 is 0. The van der Waals surface area contributed by atoms with Crippen LogP contribution >= 0.6 is 0 Å². The molecule has 1 heterocycles. The molecule has 8 heteroatoms. The number of hydrogen-bond acceptors (Lipinski definition) is 4. The minimum absolute atomic E-state index is 0.138. The van der Waals surface area contributed by atoms with E-state index in [1.54, 1.807) is 54.4 Å². The Hall–Kier alpha value is -4.07. The summed E-state index contributed by atoms with van der Waals surface area (Å²) in [5, 5.41) is 0. The number of carbonyl (C=O) groups is 2. The van der Waals surface area contributed by atoms with Gasteiger partial charge in [0.15, 0.2) is 0 Å². The van der Waals surface area contributed by atoms with E-state index in [4.69, 9.17) is 0 Å². The quantitative estimate of drug-likeness (QED) is 0.526.